The summed E-state index contributed by atoms with van der Waals surface area (Å²) in [6.07, 6.45) is 5.19. The van der Waals surface area contributed by atoms with E-state index < -0.39 is 0 Å². The number of nitrogens with zero attached hydrogens (tertiary/aromatic N) is 4. The van der Waals surface area contributed by atoms with Crippen LogP contribution in [0.15, 0.2) is 24.4 Å². The van der Waals surface area contributed by atoms with Crippen molar-refractivity contribution in [3.8, 4) is 0 Å². The molecule has 0 radical (unpaired) electrons. The zero-order valence-electron chi connectivity index (χ0n) is 10.0. The van der Waals surface area contributed by atoms with E-state index in [1.165, 1.54) is 0 Å². The summed E-state index contributed by atoms with van der Waals surface area (Å²) >= 11 is 0. The molecule has 3 rings (SSSR count). The van der Waals surface area contributed by atoms with Gasteiger partial charge in [0.05, 0.1) is 17.9 Å². The first-order chi connectivity index (χ1) is 8.84. The van der Waals surface area contributed by atoms with Crippen LogP contribution in [0.5, 0.6) is 0 Å². The topological polar surface area (TPSA) is 60.7 Å². The predicted octanol–water partition coefficient (Wildman–Crippen LogP) is 1.63. The number of rotatable bonds is 2. The van der Waals surface area contributed by atoms with Gasteiger partial charge in [0, 0.05) is 12.6 Å². The molecule has 18 heavy (non-hydrogen) atoms. The van der Waals surface area contributed by atoms with Gasteiger partial charge in [0.1, 0.15) is 0 Å². The quantitative estimate of drug-likeness (QED) is 0.751. The normalized spacial score (nSPS) is 15.2. The van der Waals surface area contributed by atoms with Crippen molar-refractivity contribution in [3.63, 3.8) is 0 Å². The Hall–Kier alpha value is -2.04. The molecule has 0 amide bonds. The summed E-state index contributed by atoms with van der Waals surface area (Å²) in [6.45, 7) is 0.580. The van der Waals surface area contributed by atoms with Crippen LogP contribution in [0, 0.1) is 0 Å². The summed E-state index contributed by atoms with van der Waals surface area (Å²) in [6, 6.07) is 5.78. The third kappa shape index (κ3) is 2.03. The van der Waals surface area contributed by atoms with Gasteiger partial charge < -0.3 is 0 Å². The Morgan fingerprint density at radius 3 is 2.94 bits per heavy atom. The third-order valence-electron chi connectivity index (χ3n) is 3.21. The number of ketones is 1. The first-order valence-electron chi connectivity index (χ1n) is 6.20. The second-order valence-corrected chi connectivity index (χ2v) is 4.49. The van der Waals surface area contributed by atoms with Crippen molar-refractivity contribution < 1.29 is 4.79 Å². The van der Waals surface area contributed by atoms with Crippen molar-refractivity contribution in [2.45, 2.75) is 32.2 Å². The molecule has 2 heterocycles. The van der Waals surface area contributed by atoms with Crippen LogP contribution in [0.3, 0.4) is 0 Å². The number of hydrogen-bond donors (Lipinski definition) is 0. The van der Waals surface area contributed by atoms with E-state index in [9.17, 15) is 4.79 Å². The molecule has 1 aliphatic rings. The van der Waals surface area contributed by atoms with Crippen molar-refractivity contribution in [2.24, 2.45) is 0 Å². The molecule has 92 valence electrons. The highest BCUT2D eigenvalue weighted by Gasteiger charge is 2.22. The largest absolute Gasteiger partial charge is 0.292 e. The SMILES string of the molecule is O=C1CCCCc2c1nnn2Cc1ccccn1. The average Bonchev–Trinajstić information content (AvgIpc) is 2.69. The molecule has 2 aromatic rings. The van der Waals surface area contributed by atoms with Crippen LogP contribution in [0.4, 0.5) is 0 Å². The van der Waals surface area contributed by atoms with Crippen molar-refractivity contribution >= 4 is 5.78 Å². The van der Waals surface area contributed by atoms with Gasteiger partial charge in [-0.3, -0.25) is 9.78 Å². The van der Waals surface area contributed by atoms with Crippen LogP contribution >= 0.6 is 0 Å². The molecule has 0 aliphatic heterocycles. The van der Waals surface area contributed by atoms with Gasteiger partial charge in [-0.1, -0.05) is 11.3 Å². The van der Waals surface area contributed by atoms with Gasteiger partial charge in [0.2, 0.25) is 0 Å². The van der Waals surface area contributed by atoms with Gasteiger partial charge in [-0.15, -0.1) is 5.10 Å². The lowest BCUT2D eigenvalue weighted by Crippen LogP contribution is -2.08. The molecule has 0 N–H and O–H groups in total. The van der Waals surface area contributed by atoms with Crippen LogP contribution in [0.1, 0.15) is 41.1 Å². The molecule has 0 aromatic carbocycles. The standard InChI is InChI=1S/C13H14N4O/c18-12-7-2-1-6-11-13(12)15-16-17(11)9-10-5-3-4-8-14-10/h3-5,8H,1-2,6-7,9H2. The van der Waals surface area contributed by atoms with E-state index in [4.69, 9.17) is 0 Å². The predicted molar refractivity (Wildman–Crippen MR) is 65.2 cm³/mol. The second-order valence-electron chi connectivity index (χ2n) is 4.49. The van der Waals surface area contributed by atoms with Crippen molar-refractivity contribution in [2.75, 3.05) is 0 Å². The fraction of sp³-hybridized carbons (Fsp3) is 0.385. The molecule has 5 nitrogen and oxygen atoms in total. The van der Waals surface area contributed by atoms with E-state index in [0.717, 1.165) is 30.7 Å². The molecule has 0 fully saturated rings. The summed E-state index contributed by atoms with van der Waals surface area (Å²) in [5, 5.41) is 8.12. The zero-order valence-corrected chi connectivity index (χ0v) is 10.0. The Bertz CT molecular complexity index is 562. The fourth-order valence-corrected chi connectivity index (χ4v) is 2.27. The number of pyridine rings is 1. The number of carbonyl (C=O) groups is 1. The smallest absolute Gasteiger partial charge is 0.185 e. The average molecular weight is 242 g/mol. The molecule has 0 atom stereocenters. The van der Waals surface area contributed by atoms with E-state index in [2.05, 4.69) is 15.3 Å². The molecule has 5 heteroatoms. The number of aromatic nitrogens is 4. The maximum absolute atomic E-state index is 11.8. The first kappa shape index (κ1) is 11.1. The first-order valence-corrected chi connectivity index (χ1v) is 6.20. The number of fused-ring (bicyclic) bond motifs is 1. The van der Waals surface area contributed by atoms with Crippen LogP contribution in [0.25, 0.3) is 0 Å². The highest BCUT2D eigenvalue weighted by molar-refractivity contribution is 5.95. The monoisotopic (exact) mass is 242 g/mol. The molecule has 1 aliphatic carbocycles. The van der Waals surface area contributed by atoms with Gasteiger partial charge >= 0.3 is 0 Å². The summed E-state index contributed by atoms with van der Waals surface area (Å²) in [7, 11) is 0. The molecule has 2 aromatic heterocycles. The number of Topliss-reactive ketones (excluding diaryl/α,β-unsaturated/α-hetero) is 1. The molecule has 0 bridgehead atoms. The summed E-state index contributed by atoms with van der Waals surface area (Å²) in [5.41, 5.74) is 2.45. The molecule has 0 saturated carbocycles. The lowest BCUT2D eigenvalue weighted by molar-refractivity contribution is 0.0977. The minimum Gasteiger partial charge on any atom is -0.292 e. The third-order valence-corrected chi connectivity index (χ3v) is 3.21. The Morgan fingerprint density at radius 2 is 2.11 bits per heavy atom. The van der Waals surface area contributed by atoms with Crippen LogP contribution in [-0.4, -0.2) is 25.8 Å². The molecule has 0 saturated heterocycles. The summed E-state index contributed by atoms with van der Waals surface area (Å²) < 4.78 is 1.81. The van der Waals surface area contributed by atoms with Crippen molar-refractivity contribution in [3.05, 3.63) is 41.5 Å². The molecular formula is C13H14N4O. The minimum atomic E-state index is 0.120. The van der Waals surface area contributed by atoms with Crippen LogP contribution in [-0.2, 0) is 13.0 Å². The Morgan fingerprint density at radius 1 is 1.22 bits per heavy atom. The second kappa shape index (κ2) is 4.68. The van der Waals surface area contributed by atoms with E-state index >= 15 is 0 Å². The Kier molecular flexibility index (Phi) is 2.88. The molecular weight excluding hydrogens is 228 g/mol. The van der Waals surface area contributed by atoms with Gasteiger partial charge in [-0.2, -0.15) is 0 Å². The van der Waals surface area contributed by atoms with E-state index in [1.807, 2.05) is 18.2 Å². The van der Waals surface area contributed by atoms with Crippen molar-refractivity contribution in [1.82, 2.24) is 20.0 Å². The van der Waals surface area contributed by atoms with Gasteiger partial charge in [0.15, 0.2) is 11.5 Å². The number of hydrogen-bond acceptors (Lipinski definition) is 4. The summed E-state index contributed by atoms with van der Waals surface area (Å²) in [5.74, 6) is 0.120. The highest BCUT2D eigenvalue weighted by atomic mass is 16.1. The zero-order chi connectivity index (χ0) is 12.4. The number of carbonyl (C=O) groups excluding carboxylic acids is 1. The van der Waals surface area contributed by atoms with Crippen LogP contribution in [0.2, 0.25) is 0 Å². The maximum Gasteiger partial charge on any atom is 0.185 e. The lowest BCUT2D eigenvalue weighted by atomic mass is 10.2. The van der Waals surface area contributed by atoms with E-state index in [1.54, 1.807) is 10.9 Å². The Labute approximate surface area is 105 Å². The highest BCUT2D eigenvalue weighted by Crippen LogP contribution is 2.18. The van der Waals surface area contributed by atoms with Gasteiger partial charge in [0.25, 0.3) is 0 Å². The summed E-state index contributed by atoms with van der Waals surface area (Å²) in [4.78, 5) is 16.1. The van der Waals surface area contributed by atoms with Crippen LogP contribution < -0.4 is 0 Å². The van der Waals surface area contributed by atoms with Gasteiger partial charge in [-0.05, 0) is 31.4 Å². The maximum atomic E-state index is 11.8. The van der Waals surface area contributed by atoms with Crippen molar-refractivity contribution in [1.29, 1.82) is 0 Å². The molecule has 0 unspecified atom stereocenters. The van der Waals surface area contributed by atoms with Gasteiger partial charge in [-0.25, -0.2) is 4.68 Å². The lowest BCUT2D eigenvalue weighted by Gasteiger charge is -2.04. The molecule has 0 spiro atoms. The van der Waals surface area contributed by atoms with E-state index in [0.29, 0.717) is 18.7 Å². The fourth-order valence-electron chi connectivity index (χ4n) is 2.27. The van der Waals surface area contributed by atoms with E-state index in [-0.39, 0.29) is 5.78 Å². The minimum absolute atomic E-state index is 0.120. The Balaban J connectivity index is 1.92.